The summed E-state index contributed by atoms with van der Waals surface area (Å²) in [5.41, 5.74) is 5.44. The van der Waals surface area contributed by atoms with Crippen molar-refractivity contribution in [2.75, 3.05) is 0 Å². The molecule has 0 saturated heterocycles. The molecule has 3 saturated carbocycles. The number of aryl methyl sites for hydroxylation is 1. The van der Waals surface area contributed by atoms with Gasteiger partial charge in [0.25, 0.3) is 0 Å². The minimum atomic E-state index is -4.36. The molecular formula is C31H28Cl3F3. The quantitative estimate of drug-likeness (QED) is 0.268. The van der Waals surface area contributed by atoms with E-state index >= 15 is 0 Å². The molecular weight excluding hydrogens is 536 g/mol. The van der Waals surface area contributed by atoms with Crippen molar-refractivity contribution in [2.45, 2.75) is 69.4 Å². The summed E-state index contributed by atoms with van der Waals surface area (Å²) in [6.45, 7) is 2.02. The van der Waals surface area contributed by atoms with Gasteiger partial charge in [0, 0.05) is 15.1 Å². The van der Waals surface area contributed by atoms with Crippen molar-refractivity contribution in [2.24, 2.45) is 11.8 Å². The highest BCUT2D eigenvalue weighted by Crippen LogP contribution is 2.54. The second-order valence-corrected chi connectivity index (χ2v) is 12.5. The third-order valence-electron chi connectivity index (χ3n) is 8.46. The van der Waals surface area contributed by atoms with Gasteiger partial charge in [0.15, 0.2) is 0 Å². The van der Waals surface area contributed by atoms with Crippen molar-refractivity contribution >= 4 is 34.8 Å². The molecule has 0 aliphatic heterocycles. The van der Waals surface area contributed by atoms with E-state index in [9.17, 15) is 13.2 Å². The molecule has 6 heteroatoms. The summed E-state index contributed by atoms with van der Waals surface area (Å²) in [6.07, 6.45) is 1.06. The predicted octanol–water partition coefficient (Wildman–Crippen LogP) is 10.5. The van der Waals surface area contributed by atoms with Gasteiger partial charge < -0.3 is 0 Å². The van der Waals surface area contributed by atoms with Gasteiger partial charge in [-0.15, -0.1) is 0 Å². The zero-order chi connectivity index (χ0) is 26.1. The lowest BCUT2D eigenvalue weighted by atomic mass is 9.96. The summed E-state index contributed by atoms with van der Waals surface area (Å²) in [5.74, 6) is 1.86. The van der Waals surface area contributed by atoms with Gasteiger partial charge in [-0.1, -0.05) is 59.1 Å². The topological polar surface area (TPSA) is 0 Å². The first-order valence-electron chi connectivity index (χ1n) is 13.0. The van der Waals surface area contributed by atoms with Crippen LogP contribution in [-0.4, -0.2) is 0 Å². The maximum absolute atomic E-state index is 13.5. The number of halogens is 6. The van der Waals surface area contributed by atoms with Crippen LogP contribution >= 0.6 is 34.8 Å². The number of hydrogen-bond acceptors (Lipinski definition) is 0. The third kappa shape index (κ3) is 5.42. The maximum Gasteiger partial charge on any atom is 0.416 e. The molecule has 3 aromatic rings. The van der Waals surface area contributed by atoms with Crippen LogP contribution in [-0.2, 0) is 19.0 Å². The molecule has 0 N–H and O–H groups in total. The molecule has 3 aromatic carbocycles. The minimum absolute atomic E-state index is 0.170. The normalized spacial score (nSPS) is 24.8. The van der Waals surface area contributed by atoms with Crippen LogP contribution in [0.2, 0.25) is 15.1 Å². The van der Waals surface area contributed by atoms with Crippen LogP contribution in [0.3, 0.4) is 0 Å². The molecule has 4 unspecified atom stereocenters. The Morgan fingerprint density at radius 2 is 1.35 bits per heavy atom. The number of alkyl halides is 3. The van der Waals surface area contributed by atoms with Crippen molar-refractivity contribution < 1.29 is 13.2 Å². The van der Waals surface area contributed by atoms with Crippen LogP contribution in [0.25, 0.3) is 0 Å². The fourth-order valence-corrected chi connectivity index (χ4v) is 6.64. The largest absolute Gasteiger partial charge is 0.416 e. The number of hydrogen-bond donors (Lipinski definition) is 0. The van der Waals surface area contributed by atoms with E-state index in [2.05, 4.69) is 36.4 Å². The van der Waals surface area contributed by atoms with Crippen LogP contribution in [0, 0.1) is 18.8 Å². The molecule has 37 heavy (non-hydrogen) atoms. The molecule has 6 rings (SSSR count). The lowest BCUT2D eigenvalue weighted by Crippen LogP contribution is -2.08. The molecule has 194 valence electrons. The van der Waals surface area contributed by atoms with Gasteiger partial charge in [-0.05, 0) is 133 Å². The fraction of sp³-hybridized carbons (Fsp3) is 0.419. The van der Waals surface area contributed by atoms with E-state index in [-0.39, 0.29) is 11.8 Å². The van der Waals surface area contributed by atoms with E-state index in [1.54, 1.807) is 0 Å². The van der Waals surface area contributed by atoms with Crippen LogP contribution in [0.5, 0.6) is 0 Å². The van der Waals surface area contributed by atoms with E-state index in [1.807, 2.05) is 6.92 Å². The maximum atomic E-state index is 13.5. The first kappa shape index (κ1) is 25.6. The monoisotopic (exact) mass is 562 g/mol. The Hall–Kier alpha value is -1.68. The zero-order valence-corrected chi connectivity index (χ0v) is 22.8. The predicted molar refractivity (Wildman–Crippen MR) is 145 cm³/mol. The lowest BCUT2D eigenvalue weighted by Gasteiger charge is -2.15. The van der Waals surface area contributed by atoms with Crippen molar-refractivity contribution in [3.63, 3.8) is 0 Å². The molecule has 0 amide bonds. The van der Waals surface area contributed by atoms with Crippen LogP contribution in [0.15, 0.2) is 48.5 Å². The summed E-state index contributed by atoms with van der Waals surface area (Å²) in [6, 6.07) is 15.2. The van der Waals surface area contributed by atoms with Gasteiger partial charge in [-0.25, -0.2) is 0 Å². The Bertz CT molecular complexity index is 1360. The Morgan fingerprint density at radius 3 is 1.92 bits per heavy atom. The van der Waals surface area contributed by atoms with E-state index in [4.69, 9.17) is 34.8 Å². The molecule has 3 fully saturated rings. The van der Waals surface area contributed by atoms with Gasteiger partial charge in [0.2, 0.25) is 0 Å². The summed E-state index contributed by atoms with van der Waals surface area (Å²) >= 11 is 19.6. The molecule has 0 bridgehead atoms. The van der Waals surface area contributed by atoms with E-state index in [1.165, 1.54) is 23.3 Å². The average Bonchev–Trinajstić information content (AvgIpc) is 3.70. The Balaban J connectivity index is 1.12. The molecule has 0 spiro atoms. The summed E-state index contributed by atoms with van der Waals surface area (Å²) < 4.78 is 40.6. The number of rotatable bonds is 7. The molecule has 3 aliphatic carbocycles. The van der Waals surface area contributed by atoms with E-state index < -0.39 is 11.7 Å². The van der Waals surface area contributed by atoms with Gasteiger partial charge in [0.1, 0.15) is 0 Å². The highest BCUT2D eigenvalue weighted by atomic mass is 35.5. The van der Waals surface area contributed by atoms with E-state index in [0.29, 0.717) is 40.3 Å². The summed E-state index contributed by atoms with van der Waals surface area (Å²) in [4.78, 5) is 0. The zero-order valence-electron chi connectivity index (χ0n) is 20.5. The summed E-state index contributed by atoms with van der Waals surface area (Å²) in [5, 5.41) is 2.13. The molecule has 0 nitrogen and oxygen atoms in total. The first-order valence-corrected chi connectivity index (χ1v) is 14.2. The van der Waals surface area contributed by atoms with Gasteiger partial charge in [0.05, 0.1) is 5.56 Å². The average molecular weight is 564 g/mol. The highest BCUT2D eigenvalue weighted by molar-refractivity contribution is 6.32. The molecule has 0 aromatic heterocycles. The molecule has 3 aliphatic rings. The highest BCUT2D eigenvalue weighted by Gasteiger charge is 2.42. The third-order valence-corrected chi connectivity index (χ3v) is 9.68. The molecule has 4 atom stereocenters. The minimum Gasteiger partial charge on any atom is -0.166 e. The SMILES string of the molecule is Cc1ccc(C2CC2Cc2ccc(C3CC3Cc3cc(C(F)(F)F)cc(C4CC4)c3Cl)cc2Cl)cc1Cl. The van der Waals surface area contributed by atoms with Crippen LogP contribution < -0.4 is 0 Å². The summed E-state index contributed by atoms with van der Waals surface area (Å²) in [7, 11) is 0. The second-order valence-electron chi connectivity index (χ2n) is 11.3. The van der Waals surface area contributed by atoms with Gasteiger partial charge in [-0.2, -0.15) is 13.2 Å². The number of benzene rings is 3. The Labute approximate surface area is 231 Å². The van der Waals surface area contributed by atoms with Crippen LogP contribution in [0.4, 0.5) is 13.2 Å². The smallest absolute Gasteiger partial charge is 0.166 e. The van der Waals surface area contributed by atoms with E-state index in [0.717, 1.165) is 53.3 Å². The Morgan fingerprint density at radius 1 is 0.757 bits per heavy atom. The molecule has 0 radical (unpaired) electrons. The first-order chi connectivity index (χ1) is 17.6. The fourth-order valence-electron chi connectivity index (χ4n) is 5.84. The van der Waals surface area contributed by atoms with Gasteiger partial charge in [-0.3, -0.25) is 0 Å². The van der Waals surface area contributed by atoms with Crippen LogP contribution in [0.1, 0.15) is 82.4 Å². The van der Waals surface area contributed by atoms with Crippen molar-refractivity contribution in [1.82, 2.24) is 0 Å². The standard InChI is InChI=1S/C31H28Cl3F3/c1-16-2-3-18(13-28(16)32)25-11-21(25)8-20-7-6-19(14-29(20)33)26-12-22(26)9-23-10-24(31(35,36)37)15-27(30(23)34)17-4-5-17/h2-3,6-7,10,13-15,17,21-22,25-26H,4-5,8-9,11-12H2,1H3. The van der Waals surface area contributed by atoms with Crippen molar-refractivity contribution in [1.29, 1.82) is 0 Å². The second kappa shape index (κ2) is 9.50. The van der Waals surface area contributed by atoms with Gasteiger partial charge >= 0.3 is 6.18 Å². The Kier molecular flexibility index (Phi) is 6.57. The molecule has 0 heterocycles. The lowest BCUT2D eigenvalue weighted by molar-refractivity contribution is -0.137. The van der Waals surface area contributed by atoms with Crippen molar-refractivity contribution in [3.8, 4) is 0 Å². The van der Waals surface area contributed by atoms with Crippen molar-refractivity contribution in [3.05, 3.63) is 103 Å².